The molecule has 0 radical (unpaired) electrons. The van der Waals surface area contributed by atoms with Gasteiger partial charge in [-0.2, -0.15) is 0 Å². The Labute approximate surface area is 126 Å². The molecule has 0 atom stereocenters. The molecule has 0 bridgehead atoms. The second-order valence-electron chi connectivity index (χ2n) is 7.30. The molecule has 1 aliphatic carbocycles. The van der Waals surface area contributed by atoms with Crippen LogP contribution in [0.15, 0.2) is 18.2 Å². The fourth-order valence-electron chi connectivity index (χ4n) is 3.50. The van der Waals surface area contributed by atoms with Crippen molar-refractivity contribution in [2.24, 2.45) is 11.3 Å². The van der Waals surface area contributed by atoms with Gasteiger partial charge >= 0.3 is 0 Å². The maximum atomic E-state index is 13.2. The Morgan fingerprint density at radius 1 is 1.14 bits per heavy atom. The Hall–Kier alpha value is -0.960. The van der Waals surface area contributed by atoms with Crippen LogP contribution in [0.4, 0.5) is 8.78 Å². The molecule has 0 aliphatic heterocycles. The van der Waals surface area contributed by atoms with Crippen LogP contribution in [0.25, 0.3) is 0 Å². The Morgan fingerprint density at radius 2 is 1.67 bits per heavy atom. The lowest BCUT2D eigenvalue weighted by atomic mass is 9.65. The maximum Gasteiger partial charge on any atom is 0.126 e. The number of benzene rings is 1. The summed E-state index contributed by atoms with van der Waals surface area (Å²) in [5.41, 5.74) is 0.0236. The van der Waals surface area contributed by atoms with Gasteiger partial charge in [0.05, 0.1) is 5.60 Å². The summed E-state index contributed by atoms with van der Waals surface area (Å²) in [7, 11) is 0. The molecule has 1 saturated carbocycles. The van der Waals surface area contributed by atoms with Crippen molar-refractivity contribution in [1.82, 2.24) is 0 Å². The number of hydrogen-bond acceptors (Lipinski definition) is 1. The molecule has 0 saturated heterocycles. The van der Waals surface area contributed by atoms with Crippen LogP contribution in [0, 0.1) is 23.0 Å². The average Bonchev–Trinajstić information content (AvgIpc) is 2.37. The molecule has 2 rings (SSSR count). The standard InChI is InChI=1S/C18H26F2O/c1-4-17(2,3)14-5-7-18(21,8-6-14)12-13-9-15(19)11-16(20)10-13/h9-11,14,21H,4-8,12H2,1-3H3. The first-order valence-corrected chi connectivity index (χ1v) is 7.91. The SMILES string of the molecule is CCC(C)(C)C1CCC(O)(Cc2cc(F)cc(F)c2)CC1. The number of hydrogen-bond donors (Lipinski definition) is 1. The maximum absolute atomic E-state index is 13.2. The first-order valence-electron chi connectivity index (χ1n) is 7.91. The van der Waals surface area contributed by atoms with Crippen LogP contribution in [0.1, 0.15) is 58.4 Å². The summed E-state index contributed by atoms with van der Waals surface area (Å²) in [6.45, 7) is 6.77. The van der Waals surface area contributed by atoms with Gasteiger partial charge in [0.1, 0.15) is 11.6 Å². The summed E-state index contributed by atoms with van der Waals surface area (Å²) < 4.78 is 26.5. The van der Waals surface area contributed by atoms with Gasteiger partial charge in [-0.1, -0.05) is 27.2 Å². The van der Waals surface area contributed by atoms with E-state index < -0.39 is 17.2 Å². The van der Waals surface area contributed by atoms with E-state index in [-0.39, 0.29) is 0 Å². The van der Waals surface area contributed by atoms with Crippen LogP contribution >= 0.6 is 0 Å². The zero-order valence-electron chi connectivity index (χ0n) is 13.3. The summed E-state index contributed by atoms with van der Waals surface area (Å²) in [5, 5.41) is 10.7. The van der Waals surface area contributed by atoms with Crippen LogP contribution in [0.3, 0.4) is 0 Å². The molecule has 0 amide bonds. The topological polar surface area (TPSA) is 20.2 Å². The van der Waals surface area contributed by atoms with Gasteiger partial charge in [-0.3, -0.25) is 0 Å². The zero-order valence-corrected chi connectivity index (χ0v) is 13.3. The van der Waals surface area contributed by atoms with Crippen molar-refractivity contribution in [2.75, 3.05) is 0 Å². The highest BCUT2D eigenvalue weighted by Crippen LogP contribution is 2.44. The van der Waals surface area contributed by atoms with Gasteiger partial charge in [-0.25, -0.2) is 8.78 Å². The van der Waals surface area contributed by atoms with Gasteiger partial charge in [0.2, 0.25) is 0 Å². The van der Waals surface area contributed by atoms with Crippen LogP contribution in [-0.4, -0.2) is 10.7 Å². The van der Waals surface area contributed by atoms with E-state index in [1.807, 2.05) is 0 Å². The van der Waals surface area contributed by atoms with E-state index >= 15 is 0 Å². The molecule has 1 aromatic carbocycles. The first kappa shape index (κ1) is 16.4. The predicted molar refractivity (Wildman–Crippen MR) is 81.0 cm³/mol. The van der Waals surface area contributed by atoms with Crippen molar-refractivity contribution < 1.29 is 13.9 Å². The zero-order chi connectivity index (χ0) is 15.7. The Morgan fingerprint density at radius 3 is 2.14 bits per heavy atom. The summed E-state index contributed by atoms with van der Waals surface area (Å²) in [6, 6.07) is 3.51. The van der Waals surface area contributed by atoms with Gasteiger partial charge < -0.3 is 5.11 Å². The monoisotopic (exact) mass is 296 g/mol. The third-order valence-corrected chi connectivity index (χ3v) is 5.39. The molecule has 1 nitrogen and oxygen atoms in total. The fourth-order valence-corrected chi connectivity index (χ4v) is 3.50. The molecule has 0 heterocycles. The molecule has 1 fully saturated rings. The Balaban J connectivity index is 2.02. The lowest BCUT2D eigenvalue weighted by molar-refractivity contribution is -0.0276. The highest BCUT2D eigenvalue weighted by molar-refractivity contribution is 5.20. The second-order valence-corrected chi connectivity index (χ2v) is 7.30. The van der Waals surface area contributed by atoms with Crippen molar-refractivity contribution in [2.45, 2.75) is 64.9 Å². The number of rotatable bonds is 4. The number of halogens is 2. The van der Waals surface area contributed by atoms with Crippen LogP contribution in [-0.2, 0) is 6.42 Å². The molecule has 1 aliphatic rings. The minimum atomic E-state index is -0.819. The van der Waals surface area contributed by atoms with Gasteiger partial charge in [0, 0.05) is 12.5 Å². The van der Waals surface area contributed by atoms with Crippen LogP contribution in [0.2, 0.25) is 0 Å². The minimum absolute atomic E-state index is 0.298. The Bertz CT molecular complexity index is 468. The molecular formula is C18H26F2O. The highest BCUT2D eigenvalue weighted by Gasteiger charge is 2.38. The average molecular weight is 296 g/mol. The van der Waals surface area contributed by atoms with Gasteiger partial charge in [0.25, 0.3) is 0 Å². The summed E-state index contributed by atoms with van der Waals surface area (Å²) >= 11 is 0. The van der Waals surface area contributed by atoms with Crippen molar-refractivity contribution >= 4 is 0 Å². The van der Waals surface area contributed by atoms with E-state index in [0.29, 0.717) is 36.2 Å². The predicted octanol–water partition coefficient (Wildman–Crippen LogP) is 4.86. The second kappa shape index (κ2) is 6.04. The highest BCUT2D eigenvalue weighted by atomic mass is 19.1. The lowest BCUT2D eigenvalue weighted by Crippen LogP contribution is -2.39. The normalized spacial score (nSPS) is 26.9. The molecule has 3 heteroatoms. The molecule has 1 aromatic rings. The van der Waals surface area contributed by atoms with Crippen molar-refractivity contribution in [3.05, 3.63) is 35.4 Å². The van der Waals surface area contributed by atoms with Gasteiger partial charge in [-0.05, 0) is 54.7 Å². The third kappa shape index (κ3) is 4.03. The smallest absolute Gasteiger partial charge is 0.126 e. The Kier molecular flexibility index (Phi) is 4.72. The lowest BCUT2D eigenvalue weighted by Gasteiger charge is -2.42. The molecule has 0 spiro atoms. The van der Waals surface area contributed by atoms with Gasteiger partial charge in [-0.15, -0.1) is 0 Å². The van der Waals surface area contributed by atoms with Crippen molar-refractivity contribution in [1.29, 1.82) is 0 Å². The largest absolute Gasteiger partial charge is 0.390 e. The fraction of sp³-hybridized carbons (Fsp3) is 0.667. The summed E-state index contributed by atoms with van der Waals surface area (Å²) in [6.07, 6.45) is 4.84. The molecule has 1 N–H and O–H groups in total. The van der Waals surface area contributed by atoms with E-state index in [9.17, 15) is 13.9 Å². The molecule has 21 heavy (non-hydrogen) atoms. The van der Waals surface area contributed by atoms with E-state index in [0.717, 1.165) is 25.3 Å². The third-order valence-electron chi connectivity index (χ3n) is 5.39. The minimum Gasteiger partial charge on any atom is -0.390 e. The number of aliphatic hydroxyl groups is 1. The van der Waals surface area contributed by atoms with Crippen molar-refractivity contribution in [3.63, 3.8) is 0 Å². The van der Waals surface area contributed by atoms with E-state index in [1.165, 1.54) is 12.1 Å². The van der Waals surface area contributed by atoms with Crippen LogP contribution in [0.5, 0.6) is 0 Å². The summed E-state index contributed by atoms with van der Waals surface area (Å²) in [5.74, 6) is -0.532. The van der Waals surface area contributed by atoms with Crippen LogP contribution < -0.4 is 0 Å². The quantitative estimate of drug-likeness (QED) is 0.841. The molecule has 0 aromatic heterocycles. The van der Waals surface area contributed by atoms with E-state index in [2.05, 4.69) is 20.8 Å². The first-order chi connectivity index (χ1) is 9.74. The van der Waals surface area contributed by atoms with E-state index in [1.54, 1.807) is 0 Å². The van der Waals surface area contributed by atoms with E-state index in [4.69, 9.17) is 0 Å². The van der Waals surface area contributed by atoms with Gasteiger partial charge in [0.15, 0.2) is 0 Å². The van der Waals surface area contributed by atoms with Crippen molar-refractivity contribution in [3.8, 4) is 0 Å². The summed E-state index contributed by atoms with van der Waals surface area (Å²) in [4.78, 5) is 0. The molecular weight excluding hydrogens is 270 g/mol. The molecule has 118 valence electrons. The molecule has 0 unspecified atom stereocenters.